The van der Waals surface area contributed by atoms with Crippen molar-refractivity contribution in [3.8, 4) is 0 Å². The van der Waals surface area contributed by atoms with Gasteiger partial charge in [0.15, 0.2) is 0 Å². The molecule has 0 unspecified atom stereocenters. The molecule has 0 saturated carbocycles. The molecule has 0 aromatic heterocycles. The molecule has 0 saturated heterocycles. The first-order chi connectivity index (χ1) is 5.81. The van der Waals surface area contributed by atoms with Crippen molar-refractivity contribution in [3.63, 3.8) is 0 Å². The van der Waals surface area contributed by atoms with Crippen molar-refractivity contribution in [1.82, 2.24) is 0 Å². The number of halogens is 1. The van der Waals surface area contributed by atoms with Crippen molar-refractivity contribution < 1.29 is 0 Å². The molecule has 0 aliphatic heterocycles. The molecule has 0 heterocycles. The number of hydrogen-bond donors (Lipinski definition) is 0. The van der Waals surface area contributed by atoms with Gasteiger partial charge in [-0.25, -0.2) is 0 Å². The standard InChI is InChI=1S/2C5H11.BrH.Ga/c2*1-3-5-4-2;;/h2*1,3-5H2,2H3;1H;/q;;;+1/p-1. The van der Waals surface area contributed by atoms with Gasteiger partial charge in [-0.05, 0) is 0 Å². The summed E-state index contributed by atoms with van der Waals surface area (Å²) in [5.41, 5.74) is 0. The average molecular weight is 292 g/mol. The van der Waals surface area contributed by atoms with E-state index >= 15 is 0 Å². The zero-order valence-electron chi connectivity index (χ0n) is 8.61. The molecule has 0 aromatic carbocycles. The van der Waals surface area contributed by atoms with E-state index in [1.165, 1.54) is 38.5 Å². The van der Waals surface area contributed by atoms with Crippen molar-refractivity contribution in [2.45, 2.75) is 62.3 Å². The normalized spacial score (nSPS) is 10.2. The van der Waals surface area contributed by atoms with E-state index in [0.29, 0.717) is 0 Å². The second-order valence-electron chi connectivity index (χ2n) is 3.59. The van der Waals surface area contributed by atoms with Crippen molar-refractivity contribution >= 4 is 27.8 Å². The van der Waals surface area contributed by atoms with Crippen LogP contribution >= 0.6 is 13.6 Å². The Morgan fingerprint density at radius 3 is 1.58 bits per heavy atom. The quantitative estimate of drug-likeness (QED) is 0.447. The first kappa shape index (κ1) is 13.1. The Labute approximate surface area is 89.9 Å². The molecular weight excluding hydrogens is 270 g/mol. The predicted octanol–water partition coefficient (Wildman–Crippen LogP) is 4.75. The van der Waals surface area contributed by atoms with E-state index in [-0.39, 0.29) is 0 Å². The van der Waals surface area contributed by atoms with Crippen LogP contribution in [0.2, 0.25) is 9.95 Å². The van der Waals surface area contributed by atoms with Gasteiger partial charge in [0.05, 0.1) is 0 Å². The van der Waals surface area contributed by atoms with Crippen LogP contribution in [0.4, 0.5) is 0 Å². The van der Waals surface area contributed by atoms with Crippen LogP contribution in [0.5, 0.6) is 0 Å². The molecule has 0 aliphatic rings. The maximum atomic E-state index is 3.93. The molecule has 0 nitrogen and oxygen atoms in total. The molecule has 0 aliphatic carbocycles. The summed E-state index contributed by atoms with van der Waals surface area (Å²) in [5.74, 6) is 0. The molecule has 0 atom stereocenters. The Bertz CT molecular complexity index is 75.9. The molecule has 0 bridgehead atoms. The number of hydrogen-bond acceptors (Lipinski definition) is 0. The average Bonchev–Trinajstić information content (AvgIpc) is 2.06. The number of rotatable bonds is 8. The summed E-state index contributed by atoms with van der Waals surface area (Å²) < 4.78 is 0. The van der Waals surface area contributed by atoms with Gasteiger partial charge in [0.2, 0.25) is 0 Å². The Balaban J connectivity index is 3.04. The van der Waals surface area contributed by atoms with Crippen LogP contribution in [0.15, 0.2) is 0 Å². The molecule has 0 aromatic rings. The van der Waals surface area contributed by atoms with E-state index in [2.05, 4.69) is 27.4 Å². The van der Waals surface area contributed by atoms with Crippen molar-refractivity contribution in [2.24, 2.45) is 0 Å². The second kappa shape index (κ2) is 10.2. The van der Waals surface area contributed by atoms with Gasteiger partial charge in [-0.3, -0.25) is 0 Å². The first-order valence-corrected chi connectivity index (χ1v) is 14.5. The third-order valence-electron chi connectivity index (χ3n) is 2.24. The Morgan fingerprint density at radius 1 is 0.833 bits per heavy atom. The van der Waals surface area contributed by atoms with Crippen LogP contribution in [0.1, 0.15) is 52.4 Å². The summed E-state index contributed by atoms with van der Waals surface area (Å²) >= 11 is 3.04. The summed E-state index contributed by atoms with van der Waals surface area (Å²) in [5, 5.41) is 0. The van der Waals surface area contributed by atoms with Crippen LogP contribution in [0, 0.1) is 0 Å². The fourth-order valence-electron chi connectivity index (χ4n) is 1.38. The Kier molecular flexibility index (Phi) is 11.1. The molecule has 0 amide bonds. The monoisotopic (exact) mass is 290 g/mol. The van der Waals surface area contributed by atoms with Crippen molar-refractivity contribution in [1.29, 1.82) is 0 Å². The summed E-state index contributed by atoms with van der Waals surface area (Å²) in [6.45, 7) is 4.57. The topological polar surface area (TPSA) is 0 Å². The van der Waals surface area contributed by atoms with E-state index in [1.54, 1.807) is 9.95 Å². The van der Waals surface area contributed by atoms with Gasteiger partial charge in [0.1, 0.15) is 0 Å². The van der Waals surface area contributed by atoms with Gasteiger partial charge in [0.25, 0.3) is 0 Å². The second-order valence-corrected chi connectivity index (χ2v) is 15.2. The van der Waals surface area contributed by atoms with Crippen LogP contribution in [-0.4, -0.2) is 14.2 Å². The van der Waals surface area contributed by atoms with Gasteiger partial charge >= 0.3 is 90.1 Å². The first-order valence-electron chi connectivity index (χ1n) is 5.45. The Hall–Kier alpha value is 1.12. The van der Waals surface area contributed by atoms with Gasteiger partial charge in [-0.2, -0.15) is 0 Å². The summed E-state index contributed by atoms with van der Waals surface area (Å²) in [7, 11) is 0. The molecule has 72 valence electrons. The minimum absolute atomic E-state index is 0.887. The zero-order valence-corrected chi connectivity index (χ0v) is 12.6. The Morgan fingerprint density at radius 2 is 1.25 bits per heavy atom. The fourth-order valence-corrected chi connectivity index (χ4v) is 8.42. The summed E-state index contributed by atoms with van der Waals surface area (Å²) in [6, 6.07) is 0. The third-order valence-corrected chi connectivity index (χ3v) is 11.3. The van der Waals surface area contributed by atoms with Crippen LogP contribution < -0.4 is 0 Å². The van der Waals surface area contributed by atoms with Gasteiger partial charge in [-0.1, -0.05) is 0 Å². The van der Waals surface area contributed by atoms with Crippen LogP contribution in [0.3, 0.4) is 0 Å². The summed E-state index contributed by atoms with van der Waals surface area (Å²) in [6.07, 6.45) is 8.60. The molecule has 0 fully saturated rings. The van der Waals surface area contributed by atoms with E-state index < -0.39 is 14.2 Å². The zero-order chi connectivity index (χ0) is 9.23. The fraction of sp³-hybridized carbons (Fsp3) is 1.00. The van der Waals surface area contributed by atoms with Crippen LogP contribution in [-0.2, 0) is 0 Å². The molecule has 12 heavy (non-hydrogen) atoms. The van der Waals surface area contributed by atoms with Crippen LogP contribution in [0.25, 0.3) is 0 Å². The molecule has 0 N–H and O–H groups in total. The SMILES string of the molecule is CCCC[CH2][Ga]([Br])[CH2]CCCC. The van der Waals surface area contributed by atoms with Gasteiger partial charge in [0, 0.05) is 0 Å². The maximum absolute atomic E-state index is 3.93. The molecule has 0 spiro atoms. The van der Waals surface area contributed by atoms with Gasteiger partial charge in [-0.15, -0.1) is 0 Å². The predicted molar refractivity (Wildman–Crippen MR) is 63.3 cm³/mol. The van der Waals surface area contributed by atoms with Crippen molar-refractivity contribution in [3.05, 3.63) is 0 Å². The third kappa shape index (κ3) is 9.21. The number of unbranched alkanes of at least 4 members (excludes halogenated alkanes) is 4. The molecular formula is C10H22BrGa. The molecule has 2 heteroatoms. The van der Waals surface area contributed by atoms with Crippen molar-refractivity contribution in [2.75, 3.05) is 0 Å². The minimum atomic E-state index is -0.887. The van der Waals surface area contributed by atoms with Gasteiger partial charge < -0.3 is 0 Å². The van der Waals surface area contributed by atoms with E-state index in [0.717, 1.165) is 0 Å². The van der Waals surface area contributed by atoms with E-state index in [9.17, 15) is 0 Å². The van der Waals surface area contributed by atoms with E-state index in [1.807, 2.05) is 0 Å². The summed E-state index contributed by atoms with van der Waals surface area (Å²) in [4.78, 5) is 3.12. The molecule has 0 rings (SSSR count). The van der Waals surface area contributed by atoms with E-state index in [4.69, 9.17) is 0 Å². The molecule has 0 radical (unpaired) electrons.